The Morgan fingerprint density at radius 1 is 1.48 bits per heavy atom. The van der Waals surface area contributed by atoms with Crippen LogP contribution in [0.4, 0.5) is 0 Å². The minimum Gasteiger partial charge on any atom is -0.495 e. The number of halogens is 1. The molecule has 0 aromatic heterocycles. The molecule has 2 heterocycles. The van der Waals surface area contributed by atoms with Crippen LogP contribution in [0.15, 0.2) is 18.2 Å². The maximum absolute atomic E-state index is 6.13. The van der Waals surface area contributed by atoms with Crippen molar-refractivity contribution in [2.24, 2.45) is 0 Å². The van der Waals surface area contributed by atoms with Gasteiger partial charge in [0, 0.05) is 12.6 Å². The normalized spacial score (nSPS) is 27.4. The zero-order valence-corrected chi connectivity index (χ0v) is 13.4. The molecule has 2 fully saturated rings. The molecule has 3 atom stereocenters. The summed E-state index contributed by atoms with van der Waals surface area (Å²) in [6, 6.07) is 6.71. The SMILES string of the molecule is CNC(c1ccc(Cl)c(OC)c1)C1CN2CCCC2CO1. The van der Waals surface area contributed by atoms with Crippen molar-refractivity contribution in [3.63, 3.8) is 0 Å². The average Bonchev–Trinajstić information content (AvgIpc) is 2.97. The van der Waals surface area contributed by atoms with Crippen molar-refractivity contribution in [3.05, 3.63) is 28.8 Å². The lowest BCUT2D eigenvalue weighted by Crippen LogP contribution is -2.50. The summed E-state index contributed by atoms with van der Waals surface area (Å²) in [6.45, 7) is 3.03. The third-order valence-corrected chi connectivity index (χ3v) is 4.95. The number of nitrogens with zero attached hydrogens (tertiary/aromatic N) is 1. The molecule has 4 nitrogen and oxygen atoms in total. The van der Waals surface area contributed by atoms with Crippen LogP contribution in [-0.4, -0.2) is 50.9 Å². The van der Waals surface area contributed by atoms with Crippen molar-refractivity contribution in [1.82, 2.24) is 10.2 Å². The summed E-state index contributed by atoms with van der Waals surface area (Å²) in [5.74, 6) is 0.712. The van der Waals surface area contributed by atoms with E-state index in [4.69, 9.17) is 21.1 Å². The molecule has 1 aromatic rings. The van der Waals surface area contributed by atoms with Gasteiger partial charge in [-0.05, 0) is 44.1 Å². The van der Waals surface area contributed by atoms with Gasteiger partial charge >= 0.3 is 0 Å². The molecule has 3 unspecified atom stereocenters. The predicted octanol–water partition coefficient (Wildman–Crippen LogP) is 2.47. The molecule has 0 spiro atoms. The highest BCUT2D eigenvalue weighted by Gasteiger charge is 2.36. The van der Waals surface area contributed by atoms with E-state index in [1.54, 1.807) is 7.11 Å². The van der Waals surface area contributed by atoms with Gasteiger partial charge in [-0.1, -0.05) is 17.7 Å². The number of rotatable bonds is 4. The zero-order valence-electron chi connectivity index (χ0n) is 12.6. The van der Waals surface area contributed by atoms with E-state index in [1.165, 1.54) is 19.4 Å². The van der Waals surface area contributed by atoms with Crippen molar-refractivity contribution in [1.29, 1.82) is 0 Å². The first-order valence-corrected chi connectivity index (χ1v) is 7.97. The minimum absolute atomic E-state index is 0.151. The molecule has 116 valence electrons. The van der Waals surface area contributed by atoms with E-state index in [0.717, 1.165) is 18.7 Å². The third kappa shape index (κ3) is 3.04. The van der Waals surface area contributed by atoms with Crippen LogP contribution in [0.25, 0.3) is 0 Å². The second-order valence-corrected chi connectivity index (χ2v) is 6.23. The highest BCUT2D eigenvalue weighted by Crippen LogP contribution is 2.32. The van der Waals surface area contributed by atoms with E-state index in [-0.39, 0.29) is 12.1 Å². The zero-order chi connectivity index (χ0) is 14.8. The lowest BCUT2D eigenvalue weighted by atomic mass is 9.99. The summed E-state index contributed by atoms with van der Waals surface area (Å²) in [5, 5.41) is 4.03. The molecule has 21 heavy (non-hydrogen) atoms. The highest BCUT2D eigenvalue weighted by atomic mass is 35.5. The fourth-order valence-corrected chi connectivity index (χ4v) is 3.68. The number of nitrogens with one attached hydrogen (secondary N) is 1. The summed E-state index contributed by atoms with van der Waals surface area (Å²) < 4.78 is 11.5. The van der Waals surface area contributed by atoms with Gasteiger partial charge < -0.3 is 14.8 Å². The second kappa shape index (κ2) is 6.53. The average molecular weight is 311 g/mol. The van der Waals surface area contributed by atoms with Crippen LogP contribution < -0.4 is 10.1 Å². The Kier molecular flexibility index (Phi) is 4.69. The van der Waals surface area contributed by atoms with E-state index in [9.17, 15) is 0 Å². The number of methoxy groups -OCH3 is 1. The van der Waals surface area contributed by atoms with Gasteiger partial charge in [0.1, 0.15) is 5.75 Å². The molecule has 0 bridgehead atoms. The molecule has 2 aliphatic rings. The Morgan fingerprint density at radius 2 is 2.33 bits per heavy atom. The van der Waals surface area contributed by atoms with Crippen molar-refractivity contribution in [2.75, 3.05) is 33.9 Å². The van der Waals surface area contributed by atoms with Gasteiger partial charge in [0.05, 0.1) is 30.9 Å². The summed E-state index contributed by atoms with van der Waals surface area (Å²) >= 11 is 6.12. The quantitative estimate of drug-likeness (QED) is 0.926. The first kappa shape index (κ1) is 15.1. The number of hydrogen-bond acceptors (Lipinski definition) is 4. The number of morpholine rings is 1. The van der Waals surface area contributed by atoms with Crippen LogP contribution in [0, 0.1) is 0 Å². The van der Waals surface area contributed by atoms with Gasteiger partial charge in [-0.15, -0.1) is 0 Å². The number of fused-ring (bicyclic) bond motifs is 1. The topological polar surface area (TPSA) is 33.7 Å². The molecule has 2 saturated heterocycles. The lowest BCUT2D eigenvalue weighted by Gasteiger charge is -2.39. The van der Waals surface area contributed by atoms with Crippen molar-refractivity contribution >= 4 is 11.6 Å². The van der Waals surface area contributed by atoms with E-state index in [2.05, 4.69) is 10.2 Å². The van der Waals surface area contributed by atoms with Gasteiger partial charge in [0.2, 0.25) is 0 Å². The molecule has 0 saturated carbocycles. The van der Waals surface area contributed by atoms with Gasteiger partial charge in [-0.3, -0.25) is 4.90 Å². The molecule has 1 N–H and O–H groups in total. The molecule has 0 aliphatic carbocycles. The Bertz CT molecular complexity index is 497. The number of likely N-dealkylation sites (N-methyl/N-ethyl adjacent to an activating group) is 1. The van der Waals surface area contributed by atoms with Crippen LogP contribution in [0.5, 0.6) is 5.75 Å². The fourth-order valence-electron chi connectivity index (χ4n) is 3.48. The van der Waals surface area contributed by atoms with Gasteiger partial charge in [0.25, 0.3) is 0 Å². The third-order valence-electron chi connectivity index (χ3n) is 4.63. The Labute approximate surface area is 131 Å². The predicted molar refractivity (Wildman–Crippen MR) is 84.1 cm³/mol. The first-order chi connectivity index (χ1) is 10.2. The monoisotopic (exact) mass is 310 g/mol. The van der Waals surface area contributed by atoms with E-state index in [1.807, 2.05) is 25.2 Å². The van der Waals surface area contributed by atoms with Crippen molar-refractivity contribution in [3.8, 4) is 5.75 Å². The molecule has 3 rings (SSSR count). The van der Waals surface area contributed by atoms with Crippen molar-refractivity contribution < 1.29 is 9.47 Å². The lowest BCUT2D eigenvalue weighted by molar-refractivity contribution is -0.0642. The summed E-state index contributed by atoms with van der Waals surface area (Å²) in [4.78, 5) is 2.56. The Morgan fingerprint density at radius 3 is 3.10 bits per heavy atom. The number of benzene rings is 1. The van der Waals surface area contributed by atoms with Crippen LogP contribution >= 0.6 is 11.6 Å². The first-order valence-electron chi connectivity index (χ1n) is 7.59. The summed E-state index contributed by atoms with van der Waals surface area (Å²) in [6.07, 6.45) is 2.72. The number of hydrogen-bond donors (Lipinski definition) is 1. The standard InChI is InChI=1S/C16H23ClN2O2/c1-18-16(11-5-6-13(17)14(8-11)20-2)15-9-19-7-3-4-12(19)10-21-15/h5-6,8,12,15-16,18H,3-4,7,9-10H2,1-2H3. The summed E-state index contributed by atoms with van der Waals surface area (Å²) in [7, 11) is 3.62. The van der Waals surface area contributed by atoms with Crippen molar-refractivity contribution in [2.45, 2.75) is 31.0 Å². The van der Waals surface area contributed by atoms with E-state index < -0.39 is 0 Å². The van der Waals surface area contributed by atoms with Gasteiger partial charge in [0.15, 0.2) is 0 Å². The Hall–Kier alpha value is -0.810. The van der Waals surface area contributed by atoms with Gasteiger partial charge in [-0.2, -0.15) is 0 Å². The minimum atomic E-state index is 0.151. The van der Waals surface area contributed by atoms with E-state index >= 15 is 0 Å². The molecule has 5 heteroatoms. The molecule has 2 aliphatic heterocycles. The molecule has 0 radical (unpaired) electrons. The smallest absolute Gasteiger partial charge is 0.137 e. The van der Waals surface area contributed by atoms with Crippen LogP contribution in [0.3, 0.4) is 0 Å². The fraction of sp³-hybridized carbons (Fsp3) is 0.625. The largest absolute Gasteiger partial charge is 0.495 e. The number of ether oxygens (including phenoxy) is 2. The van der Waals surface area contributed by atoms with Gasteiger partial charge in [-0.25, -0.2) is 0 Å². The molecular formula is C16H23ClN2O2. The molecule has 1 aromatic carbocycles. The van der Waals surface area contributed by atoms with Crippen LogP contribution in [0.2, 0.25) is 5.02 Å². The van der Waals surface area contributed by atoms with E-state index in [0.29, 0.717) is 16.8 Å². The second-order valence-electron chi connectivity index (χ2n) is 5.82. The van der Waals surface area contributed by atoms with Crippen LogP contribution in [0.1, 0.15) is 24.4 Å². The summed E-state index contributed by atoms with van der Waals surface area (Å²) in [5.41, 5.74) is 1.15. The highest BCUT2D eigenvalue weighted by molar-refractivity contribution is 6.32. The maximum atomic E-state index is 6.13. The Balaban J connectivity index is 1.78. The molecule has 0 amide bonds. The van der Waals surface area contributed by atoms with Crippen LogP contribution in [-0.2, 0) is 4.74 Å². The molecular weight excluding hydrogens is 288 g/mol. The maximum Gasteiger partial charge on any atom is 0.137 e.